The molecular weight excluding hydrogens is 266 g/mol. The highest BCUT2D eigenvalue weighted by Gasteiger charge is 2.01. The Morgan fingerprint density at radius 3 is 2.22 bits per heavy atom. The van der Waals surface area contributed by atoms with Crippen molar-refractivity contribution in [3.63, 3.8) is 0 Å². The van der Waals surface area contributed by atoms with Gasteiger partial charge in [-0.15, -0.1) is 11.8 Å². The highest BCUT2D eigenvalue weighted by atomic mass is 35.5. The minimum absolute atomic E-state index is 0.563. The van der Waals surface area contributed by atoms with Crippen molar-refractivity contribution < 1.29 is 4.74 Å². The first-order valence-corrected chi connectivity index (χ1v) is 7.00. The van der Waals surface area contributed by atoms with Gasteiger partial charge >= 0.3 is 0 Å². The van der Waals surface area contributed by atoms with Crippen molar-refractivity contribution >= 4 is 35.3 Å². The summed E-state index contributed by atoms with van der Waals surface area (Å²) in [5, 5.41) is 12.5. The number of hydrogen-bond acceptors (Lipinski definition) is 2. The van der Waals surface area contributed by atoms with Gasteiger partial charge in [-0.25, -0.2) is 0 Å². The second kappa shape index (κ2) is 5.94. The van der Waals surface area contributed by atoms with Gasteiger partial charge in [0, 0.05) is 27.6 Å². The Kier molecular flexibility index (Phi) is 4.28. The molecule has 0 N–H and O–H groups in total. The molecule has 0 bridgehead atoms. The van der Waals surface area contributed by atoms with Crippen molar-refractivity contribution in [2.24, 2.45) is 0 Å². The van der Waals surface area contributed by atoms with E-state index in [0.717, 1.165) is 10.3 Å². The van der Waals surface area contributed by atoms with Crippen LogP contribution in [0.15, 0.2) is 53.4 Å². The molecular formula is C14H12ClNOS. The summed E-state index contributed by atoms with van der Waals surface area (Å²) in [6, 6.07) is 14.6. The topological polar surface area (TPSA) is 26.1 Å². The molecule has 0 saturated heterocycles. The fourth-order valence-electron chi connectivity index (χ4n) is 1.49. The fourth-order valence-corrected chi connectivity index (χ4v) is 2.02. The van der Waals surface area contributed by atoms with Crippen LogP contribution >= 0.6 is 23.4 Å². The molecule has 2 rings (SSSR count). The van der Waals surface area contributed by atoms with Crippen molar-refractivity contribution in [1.29, 1.82) is 0 Å². The molecule has 0 aliphatic rings. The van der Waals surface area contributed by atoms with E-state index >= 15 is 0 Å². The summed E-state index contributed by atoms with van der Waals surface area (Å²) in [5.41, 5.74) is 1.44. The van der Waals surface area contributed by atoms with Crippen molar-refractivity contribution in [3.8, 4) is 0 Å². The lowest BCUT2D eigenvalue weighted by molar-refractivity contribution is -0.354. The standard InChI is InChI=1S/C14H12ClNOS/c1-18-14-8-2-11(3-9-14)10-16(17)13-6-4-12(15)5-7-13/h2-10H,1H3. The van der Waals surface area contributed by atoms with Crippen LogP contribution in [0.4, 0.5) is 5.69 Å². The van der Waals surface area contributed by atoms with Crippen molar-refractivity contribution in [3.05, 3.63) is 64.3 Å². The van der Waals surface area contributed by atoms with Crippen molar-refractivity contribution in [2.45, 2.75) is 4.90 Å². The highest BCUT2D eigenvalue weighted by molar-refractivity contribution is 7.98. The molecule has 2 aromatic carbocycles. The summed E-state index contributed by atoms with van der Waals surface area (Å²) < 4.78 is 0.838. The maximum absolute atomic E-state index is 11.9. The number of halogens is 1. The summed E-state index contributed by atoms with van der Waals surface area (Å²) in [7, 11) is 0. The molecule has 0 fully saturated rings. The van der Waals surface area contributed by atoms with Gasteiger partial charge in [-0.1, -0.05) is 11.6 Å². The molecule has 0 spiro atoms. The zero-order valence-electron chi connectivity index (χ0n) is 9.84. The van der Waals surface area contributed by atoms with Crippen LogP contribution in [0.2, 0.25) is 5.02 Å². The van der Waals surface area contributed by atoms with Gasteiger partial charge in [0.2, 0.25) is 5.69 Å². The van der Waals surface area contributed by atoms with E-state index < -0.39 is 0 Å². The second-order valence-electron chi connectivity index (χ2n) is 3.70. The molecule has 0 radical (unpaired) electrons. The van der Waals surface area contributed by atoms with Gasteiger partial charge in [0.25, 0.3) is 0 Å². The maximum atomic E-state index is 11.9. The van der Waals surface area contributed by atoms with Gasteiger partial charge < -0.3 is 5.21 Å². The number of benzene rings is 2. The van der Waals surface area contributed by atoms with Gasteiger partial charge in [0.15, 0.2) is 6.21 Å². The molecule has 0 heterocycles. The summed E-state index contributed by atoms with van der Waals surface area (Å²) in [5.74, 6) is 0. The Labute approximate surface area is 115 Å². The van der Waals surface area contributed by atoms with E-state index in [0.29, 0.717) is 10.7 Å². The second-order valence-corrected chi connectivity index (χ2v) is 5.02. The van der Waals surface area contributed by atoms with Crippen molar-refractivity contribution in [1.82, 2.24) is 0 Å². The zero-order valence-corrected chi connectivity index (χ0v) is 11.4. The average molecular weight is 278 g/mol. The van der Waals surface area contributed by atoms with E-state index in [1.54, 1.807) is 42.2 Å². The highest BCUT2D eigenvalue weighted by Crippen LogP contribution is 2.17. The third-order valence-corrected chi connectivity index (χ3v) is 3.46. The Morgan fingerprint density at radius 2 is 1.67 bits per heavy atom. The van der Waals surface area contributed by atoms with Crippen LogP contribution < -0.4 is 0 Å². The smallest absolute Gasteiger partial charge is 0.216 e. The molecule has 2 aromatic rings. The SMILES string of the molecule is CSc1ccc(C=[N+]([O-])c2ccc(Cl)cc2)cc1. The lowest BCUT2D eigenvalue weighted by Crippen LogP contribution is -1.98. The minimum Gasteiger partial charge on any atom is -0.618 e. The quantitative estimate of drug-likeness (QED) is 0.274. The van der Waals surface area contributed by atoms with E-state index in [1.807, 2.05) is 30.5 Å². The van der Waals surface area contributed by atoms with Crippen LogP contribution in [0.25, 0.3) is 0 Å². The normalized spacial score (nSPS) is 11.6. The Morgan fingerprint density at radius 1 is 1.06 bits per heavy atom. The first-order chi connectivity index (χ1) is 8.69. The average Bonchev–Trinajstić information content (AvgIpc) is 2.40. The van der Waals surface area contributed by atoms with Gasteiger partial charge in [0.1, 0.15) is 0 Å². The number of hydrogen-bond donors (Lipinski definition) is 0. The zero-order chi connectivity index (χ0) is 13.0. The van der Waals surface area contributed by atoms with Gasteiger partial charge in [-0.05, 0) is 42.7 Å². The van der Waals surface area contributed by atoms with E-state index in [2.05, 4.69) is 0 Å². The summed E-state index contributed by atoms with van der Waals surface area (Å²) in [6.45, 7) is 0. The van der Waals surface area contributed by atoms with Crippen LogP contribution in [0, 0.1) is 5.21 Å². The van der Waals surface area contributed by atoms with Crippen LogP contribution in [-0.2, 0) is 0 Å². The Balaban J connectivity index is 2.23. The summed E-state index contributed by atoms with van der Waals surface area (Å²) in [4.78, 5) is 1.18. The first kappa shape index (κ1) is 13.0. The summed E-state index contributed by atoms with van der Waals surface area (Å²) >= 11 is 7.45. The lowest BCUT2D eigenvalue weighted by atomic mass is 10.2. The molecule has 2 nitrogen and oxygen atoms in total. The maximum Gasteiger partial charge on any atom is 0.216 e. The Hall–Kier alpha value is -1.45. The van der Waals surface area contributed by atoms with Crippen LogP contribution in [0.3, 0.4) is 0 Å². The number of rotatable bonds is 3. The van der Waals surface area contributed by atoms with E-state index in [9.17, 15) is 5.21 Å². The Bertz CT molecular complexity index is 549. The van der Waals surface area contributed by atoms with Crippen molar-refractivity contribution in [2.75, 3.05) is 6.26 Å². The fraction of sp³-hybridized carbons (Fsp3) is 0.0714. The molecule has 0 saturated carbocycles. The van der Waals surface area contributed by atoms with E-state index in [-0.39, 0.29) is 0 Å². The van der Waals surface area contributed by atoms with Gasteiger partial charge in [0.05, 0.1) is 0 Å². The molecule has 0 aliphatic heterocycles. The molecule has 0 unspecified atom stereocenters. The molecule has 92 valence electrons. The minimum atomic E-state index is 0.563. The number of thioether (sulfide) groups is 1. The third-order valence-electron chi connectivity index (χ3n) is 2.46. The molecule has 0 atom stereocenters. The lowest BCUT2D eigenvalue weighted by Gasteiger charge is -2.03. The molecule has 0 aromatic heterocycles. The molecule has 4 heteroatoms. The van der Waals surface area contributed by atoms with Gasteiger partial charge in [-0.3, -0.25) is 0 Å². The molecule has 0 aliphatic carbocycles. The molecule has 18 heavy (non-hydrogen) atoms. The van der Waals surface area contributed by atoms with E-state index in [4.69, 9.17) is 11.6 Å². The van der Waals surface area contributed by atoms with Crippen LogP contribution in [-0.4, -0.2) is 17.2 Å². The van der Waals surface area contributed by atoms with Crippen LogP contribution in [0.5, 0.6) is 0 Å². The summed E-state index contributed by atoms with van der Waals surface area (Å²) in [6.07, 6.45) is 3.57. The monoisotopic (exact) mass is 277 g/mol. The third kappa shape index (κ3) is 3.28. The molecule has 0 amide bonds. The largest absolute Gasteiger partial charge is 0.618 e. The predicted octanol–water partition coefficient (Wildman–Crippen LogP) is 4.32. The predicted molar refractivity (Wildman–Crippen MR) is 78.1 cm³/mol. The van der Waals surface area contributed by atoms with Gasteiger partial charge in [-0.2, -0.15) is 4.74 Å². The first-order valence-electron chi connectivity index (χ1n) is 5.40. The van der Waals surface area contributed by atoms with Crippen LogP contribution in [0.1, 0.15) is 5.56 Å². The van der Waals surface area contributed by atoms with E-state index in [1.165, 1.54) is 4.90 Å². The number of nitrogens with zero attached hydrogens (tertiary/aromatic N) is 1.